The summed E-state index contributed by atoms with van der Waals surface area (Å²) < 4.78 is 4.99. The molecule has 0 aromatic heterocycles. The van der Waals surface area contributed by atoms with Gasteiger partial charge in [-0.2, -0.15) is 0 Å². The number of hydrogen-bond donors (Lipinski definition) is 2. The number of nitrogens with zero attached hydrogens (tertiary/aromatic N) is 1. The van der Waals surface area contributed by atoms with Gasteiger partial charge in [0, 0.05) is 25.7 Å². The molecule has 1 aliphatic carbocycles. The molecular weight excluding hydrogens is 248 g/mol. The number of amides is 2. The van der Waals surface area contributed by atoms with E-state index < -0.39 is 11.9 Å². The second-order valence-electron chi connectivity index (χ2n) is 5.21. The summed E-state index contributed by atoms with van der Waals surface area (Å²) in [7, 11) is 1.59. The molecular formula is C13H24N2O4. The molecule has 0 radical (unpaired) electrons. The van der Waals surface area contributed by atoms with Gasteiger partial charge >= 0.3 is 12.0 Å². The zero-order valence-corrected chi connectivity index (χ0v) is 11.9. The minimum atomic E-state index is -0.823. The van der Waals surface area contributed by atoms with E-state index in [4.69, 9.17) is 9.84 Å². The van der Waals surface area contributed by atoms with Gasteiger partial charge in [-0.3, -0.25) is 4.79 Å². The molecule has 19 heavy (non-hydrogen) atoms. The van der Waals surface area contributed by atoms with Crippen LogP contribution in [0.5, 0.6) is 0 Å². The van der Waals surface area contributed by atoms with Crippen LogP contribution >= 0.6 is 0 Å². The highest BCUT2D eigenvalue weighted by Crippen LogP contribution is 2.26. The smallest absolute Gasteiger partial charge is 0.317 e. The van der Waals surface area contributed by atoms with Crippen LogP contribution in [-0.4, -0.2) is 54.4 Å². The fraction of sp³-hybridized carbons (Fsp3) is 0.846. The summed E-state index contributed by atoms with van der Waals surface area (Å²) in [4.78, 5) is 24.9. The number of methoxy groups -OCH3 is 1. The van der Waals surface area contributed by atoms with Gasteiger partial charge in [-0.1, -0.05) is 6.42 Å². The van der Waals surface area contributed by atoms with Crippen molar-refractivity contribution in [2.45, 2.75) is 45.2 Å². The Bertz CT molecular complexity index is 320. The Morgan fingerprint density at radius 3 is 2.63 bits per heavy atom. The standard InChI is InChI=1S/C13H24N2O4/c1-9(2)15(7-8-19-3)13(18)14-11-6-4-5-10(11)12(16)17/h9-11H,4-8H2,1-3H3,(H,14,18)(H,16,17). The third-order valence-corrected chi connectivity index (χ3v) is 3.56. The summed E-state index contributed by atoms with van der Waals surface area (Å²) in [5.74, 6) is -1.28. The Labute approximate surface area is 114 Å². The Balaban J connectivity index is 2.58. The number of carbonyl (C=O) groups excluding carboxylic acids is 1. The van der Waals surface area contributed by atoms with Crippen molar-refractivity contribution in [1.29, 1.82) is 0 Å². The second-order valence-corrected chi connectivity index (χ2v) is 5.21. The molecule has 0 aromatic rings. The van der Waals surface area contributed by atoms with E-state index in [0.29, 0.717) is 19.6 Å². The van der Waals surface area contributed by atoms with Gasteiger partial charge < -0.3 is 20.1 Å². The summed E-state index contributed by atoms with van der Waals surface area (Å²) in [5.41, 5.74) is 0. The van der Waals surface area contributed by atoms with E-state index in [-0.39, 0.29) is 18.1 Å². The van der Waals surface area contributed by atoms with Gasteiger partial charge in [0.25, 0.3) is 0 Å². The molecule has 6 nitrogen and oxygen atoms in total. The van der Waals surface area contributed by atoms with Crippen LogP contribution in [-0.2, 0) is 9.53 Å². The van der Waals surface area contributed by atoms with Crippen molar-refractivity contribution in [1.82, 2.24) is 10.2 Å². The van der Waals surface area contributed by atoms with Gasteiger partial charge in [-0.15, -0.1) is 0 Å². The van der Waals surface area contributed by atoms with Gasteiger partial charge in [0.05, 0.1) is 12.5 Å². The van der Waals surface area contributed by atoms with Gasteiger partial charge in [0.15, 0.2) is 0 Å². The third-order valence-electron chi connectivity index (χ3n) is 3.56. The van der Waals surface area contributed by atoms with Crippen LogP contribution in [0.4, 0.5) is 4.79 Å². The van der Waals surface area contributed by atoms with Crippen LogP contribution < -0.4 is 5.32 Å². The number of carboxylic acids is 1. The molecule has 2 atom stereocenters. The molecule has 1 rings (SSSR count). The lowest BCUT2D eigenvalue weighted by Gasteiger charge is -2.29. The average Bonchev–Trinajstić information content (AvgIpc) is 2.77. The van der Waals surface area contributed by atoms with Crippen molar-refractivity contribution in [3.63, 3.8) is 0 Å². The van der Waals surface area contributed by atoms with Crippen molar-refractivity contribution in [3.8, 4) is 0 Å². The number of ether oxygens (including phenoxy) is 1. The number of hydrogen-bond acceptors (Lipinski definition) is 3. The van der Waals surface area contributed by atoms with E-state index in [9.17, 15) is 9.59 Å². The molecule has 0 bridgehead atoms. The normalized spacial score (nSPS) is 22.5. The molecule has 2 N–H and O–H groups in total. The number of nitrogens with one attached hydrogen (secondary N) is 1. The Kier molecular flexibility index (Phi) is 6.08. The van der Waals surface area contributed by atoms with Crippen LogP contribution in [0.15, 0.2) is 0 Å². The van der Waals surface area contributed by atoms with Crippen molar-refractivity contribution in [3.05, 3.63) is 0 Å². The van der Waals surface area contributed by atoms with E-state index in [0.717, 1.165) is 12.8 Å². The highest BCUT2D eigenvalue weighted by Gasteiger charge is 2.34. The third kappa shape index (κ3) is 4.38. The molecule has 2 unspecified atom stereocenters. The average molecular weight is 272 g/mol. The summed E-state index contributed by atoms with van der Waals surface area (Å²) in [6, 6.07) is -0.404. The highest BCUT2D eigenvalue weighted by atomic mass is 16.5. The van der Waals surface area contributed by atoms with Crippen molar-refractivity contribution < 1.29 is 19.4 Å². The second kappa shape index (κ2) is 7.33. The molecule has 2 amide bonds. The SMILES string of the molecule is COCCN(C(=O)NC1CCCC1C(=O)O)C(C)C. The molecule has 1 saturated carbocycles. The monoisotopic (exact) mass is 272 g/mol. The van der Waals surface area contributed by atoms with Crippen molar-refractivity contribution >= 4 is 12.0 Å². The molecule has 0 saturated heterocycles. The molecule has 6 heteroatoms. The molecule has 1 fully saturated rings. The molecule has 0 heterocycles. The zero-order valence-electron chi connectivity index (χ0n) is 11.9. The first kappa shape index (κ1) is 15.8. The van der Waals surface area contributed by atoms with Gasteiger partial charge in [0.1, 0.15) is 0 Å². The maximum atomic E-state index is 12.2. The number of aliphatic carboxylic acids is 1. The minimum absolute atomic E-state index is 0.0554. The molecule has 0 aromatic carbocycles. The van der Waals surface area contributed by atoms with Gasteiger partial charge in [-0.25, -0.2) is 4.79 Å². The first-order valence-corrected chi connectivity index (χ1v) is 6.76. The van der Waals surface area contributed by atoms with Crippen LogP contribution in [0, 0.1) is 5.92 Å². The highest BCUT2D eigenvalue weighted by molar-refractivity contribution is 5.77. The first-order valence-electron chi connectivity index (χ1n) is 6.76. The fourth-order valence-electron chi connectivity index (χ4n) is 2.45. The summed E-state index contributed by atoms with van der Waals surface area (Å²) in [5, 5.41) is 12.0. The van der Waals surface area contributed by atoms with Crippen LogP contribution in [0.25, 0.3) is 0 Å². The zero-order chi connectivity index (χ0) is 14.4. The lowest BCUT2D eigenvalue weighted by molar-refractivity contribution is -0.142. The lowest BCUT2D eigenvalue weighted by Crippen LogP contribution is -2.50. The van der Waals surface area contributed by atoms with Gasteiger partial charge in [0.2, 0.25) is 0 Å². The predicted octanol–water partition coefficient (Wildman–Crippen LogP) is 1.31. The quantitative estimate of drug-likeness (QED) is 0.764. The van der Waals surface area contributed by atoms with E-state index in [1.54, 1.807) is 12.0 Å². The van der Waals surface area contributed by atoms with E-state index in [2.05, 4.69) is 5.32 Å². The molecule has 0 spiro atoms. The molecule has 0 aliphatic heterocycles. The van der Waals surface area contributed by atoms with Crippen molar-refractivity contribution in [2.24, 2.45) is 5.92 Å². The number of carboxylic acid groups (broad SMARTS) is 1. The fourth-order valence-corrected chi connectivity index (χ4v) is 2.45. The number of urea groups is 1. The van der Waals surface area contributed by atoms with Gasteiger partial charge in [-0.05, 0) is 26.7 Å². The minimum Gasteiger partial charge on any atom is -0.481 e. The molecule has 1 aliphatic rings. The Morgan fingerprint density at radius 2 is 2.11 bits per heavy atom. The largest absolute Gasteiger partial charge is 0.481 e. The maximum Gasteiger partial charge on any atom is 0.317 e. The van der Waals surface area contributed by atoms with E-state index >= 15 is 0 Å². The van der Waals surface area contributed by atoms with E-state index in [1.807, 2.05) is 13.8 Å². The topological polar surface area (TPSA) is 78.9 Å². The predicted molar refractivity (Wildman–Crippen MR) is 71.0 cm³/mol. The Hall–Kier alpha value is -1.30. The first-order chi connectivity index (χ1) is 8.97. The molecule has 110 valence electrons. The Morgan fingerprint density at radius 1 is 1.42 bits per heavy atom. The van der Waals surface area contributed by atoms with Crippen LogP contribution in [0.2, 0.25) is 0 Å². The summed E-state index contributed by atoms with van der Waals surface area (Å²) in [6.45, 7) is 4.83. The van der Waals surface area contributed by atoms with Crippen LogP contribution in [0.1, 0.15) is 33.1 Å². The maximum absolute atomic E-state index is 12.2. The summed E-state index contributed by atoms with van der Waals surface area (Å²) >= 11 is 0. The number of rotatable bonds is 6. The van der Waals surface area contributed by atoms with Crippen LogP contribution in [0.3, 0.4) is 0 Å². The number of carbonyl (C=O) groups is 2. The lowest BCUT2D eigenvalue weighted by atomic mass is 10.0. The van der Waals surface area contributed by atoms with E-state index in [1.165, 1.54) is 0 Å². The summed E-state index contributed by atoms with van der Waals surface area (Å²) in [6.07, 6.45) is 2.22. The van der Waals surface area contributed by atoms with Crippen molar-refractivity contribution in [2.75, 3.05) is 20.3 Å².